The van der Waals surface area contributed by atoms with Gasteiger partial charge in [-0.2, -0.15) is 9.61 Å². The van der Waals surface area contributed by atoms with Crippen LogP contribution in [0.3, 0.4) is 0 Å². The van der Waals surface area contributed by atoms with Crippen molar-refractivity contribution in [3.8, 4) is 0 Å². The number of fused-ring (bicyclic) bond motifs is 5. The molecule has 1 saturated heterocycles. The first-order chi connectivity index (χ1) is 12.3. The number of aliphatic hydroxyl groups is 1. The van der Waals surface area contributed by atoms with Crippen molar-refractivity contribution in [2.24, 2.45) is 0 Å². The largest absolute Gasteiger partial charge is 0.395 e. The van der Waals surface area contributed by atoms with Crippen molar-refractivity contribution in [2.75, 3.05) is 44.2 Å². The zero-order chi connectivity index (χ0) is 16.8. The van der Waals surface area contributed by atoms with Crippen LogP contribution in [0.5, 0.6) is 0 Å². The van der Waals surface area contributed by atoms with Gasteiger partial charge in [-0.25, -0.2) is 9.97 Å². The van der Waals surface area contributed by atoms with Crippen LogP contribution >= 0.6 is 11.3 Å². The second-order valence-electron chi connectivity index (χ2n) is 6.85. The molecule has 0 saturated carbocycles. The maximum absolute atomic E-state index is 9.12. The number of aryl methyl sites for hydroxylation is 2. The van der Waals surface area contributed by atoms with E-state index in [4.69, 9.17) is 10.1 Å². The SMILES string of the molecule is OCCN1CCN(c2nc3sc4c(c3c3ncnn23)CCCC4)CC1. The van der Waals surface area contributed by atoms with E-state index in [2.05, 4.69) is 19.9 Å². The predicted octanol–water partition coefficient (Wildman–Crippen LogP) is 1.33. The number of hydrogen-bond donors (Lipinski definition) is 1. The number of piperazine rings is 1. The molecule has 4 heterocycles. The van der Waals surface area contributed by atoms with Crippen molar-refractivity contribution in [3.05, 3.63) is 16.8 Å². The van der Waals surface area contributed by atoms with Crippen LogP contribution in [0.4, 0.5) is 5.95 Å². The maximum Gasteiger partial charge on any atom is 0.230 e. The number of aliphatic hydroxyl groups excluding tert-OH is 1. The molecule has 1 aliphatic carbocycles. The van der Waals surface area contributed by atoms with Crippen molar-refractivity contribution in [3.63, 3.8) is 0 Å². The fourth-order valence-corrected chi connectivity index (χ4v) is 5.33. The Morgan fingerprint density at radius 2 is 1.96 bits per heavy atom. The minimum atomic E-state index is 0.221. The molecule has 0 spiro atoms. The van der Waals surface area contributed by atoms with Gasteiger partial charge < -0.3 is 10.0 Å². The summed E-state index contributed by atoms with van der Waals surface area (Å²) in [5.41, 5.74) is 2.41. The van der Waals surface area contributed by atoms with Gasteiger partial charge in [0.1, 0.15) is 11.2 Å². The van der Waals surface area contributed by atoms with Gasteiger partial charge in [-0.15, -0.1) is 11.3 Å². The van der Waals surface area contributed by atoms with Gasteiger partial charge in [0, 0.05) is 37.6 Å². The summed E-state index contributed by atoms with van der Waals surface area (Å²) in [7, 11) is 0. The van der Waals surface area contributed by atoms with E-state index in [0.29, 0.717) is 0 Å². The summed E-state index contributed by atoms with van der Waals surface area (Å²) in [6.45, 7) is 4.65. The maximum atomic E-state index is 9.12. The number of hydrogen-bond acceptors (Lipinski definition) is 7. The Kier molecular flexibility index (Phi) is 3.83. The summed E-state index contributed by atoms with van der Waals surface area (Å²) in [4.78, 5) is 16.8. The van der Waals surface area contributed by atoms with Crippen LogP contribution in [0, 0.1) is 0 Å². The Morgan fingerprint density at radius 3 is 2.80 bits per heavy atom. The molecule has 25 heavy (non-hydrogen) atoms. The molecular weight excluding hydrogens is 336 g/mol. The van der Waals surface area contributed by atoms with Crippen LogP contribution in [0.15, 0.2) is 6.33 Å². The van der Waals surface area contributed by atoms with E-state index in [1.54, 1.807) is 6.33 Å². The van der Waals surface area contributed by atoms with Gasteiger partial charge in [-0.1, -0.05) is 0 Å². The lowest BCUT2D eigenvalue weighted by molar-refractivity contribution is 0.188. The second-order valence-corrected chi connectivity index (χ2v) is 7.93. The van der Waals surface area contributed by atoms with Crippen LogP contribution in [-0.4, -0.2) is 68.9 Å². The van der Waals surface area contributed by atoms with E-state index in [0.717, 1.165) is 55.6 Å². The number of aromatic nitrogens is 4. The number of anilines is 1. The van der Waals surface area contributed by atoms with Crippen LogP contribution < -0.4 is 4.90 Å². The molecule has 0 aromatic carbocycles. The van der Waals surface area contributed by atoms with Crippen molar-refractivity contribution >= 4 is 33.1 Å². The van der Waals surface area contributed by atoms with Gasteiger partial charge in [0.05, 0.1) is 12.0 Å². The molecule has 1 fully saturated rings. The highest BCUT2D eigenvalue weighted by Gasteiger charge is 2.25. The molecule has 0 unspecified atom stereocenters. The average molecular weight is 358 g/mol. The highest BCUT2D eigenvalue weighted by Crippen LogP contribution is 2.38. The lowest BCUT2D eigenvalue weighted by Crippen LogP contribution is -2.48. The summed E-state index contributed by atoms with van der Waals surface area (Å²) < 4.78 is 1.92. The standard InChI is InChI=1S/C17H22N6OS/c24-10-9-21-5-7-22(8-6-21)17-20-16-14(15-18-11-19-23(15)17)12-3-1-2-4-13(12)25-16/h11,24H,1-10H2. The first-order valence-corrected chi connectivity index (χ1v) is 9.89. The highest BCUT2D eigenvalue weighted by molar-refractivity contribution is 7.19. The fraction of sp³-hybridized carbons (Fsp3) is 0.588. The summed E-state index contributed by atoms with van der Waals surface area (Å²) in [5.74, 6) is 0.905. The average Bonchev–Trinajstić information content (AvgIpc) is 3.26. The number of thiophene rings is 1. The molecule has 5 rings (SSSR count). The molecule has 132 valence electrons. The van der Waals surface area contributed by atoms with Gasteiger partial charge in [-0.05, 0) is 31.2 Å². The lowest BCUT2D eigenvalue weighted by atomic mass is 9.97. The lowest BCUT2D eigenvalue weighted by Gasteiger charge is -2.34. The normalized spacial score (nSPS) is 19.0. The molecule has 1 N–H and O–H groups in total. The summed E-state index contributed by atoms with van der Waals surface area (Å²) >= 11 is 1.84. The van der Waals surface area contributed by atoms with E-state index in [1.165, 1.54) is 35.1 Å². The molecular formula is C17H22N6OS. The Bertz CT molecular complexity index is 911. The minimum Gasteiger partial charge on any atom is -0.395 e. The summed E-state index contributed by atoms with van der Waals surface area (Å²) in [6.07, 6.45) is 6.50. The molecule has 3 aromatic rings. The third kappa shape index (κ3) is 2.51. The molecule has 0 bridgehead atoms. The third-order valence-electron chi connectivity index (χ3n) is 5.39. The van der Waals surface area contributed by atoms with Gasteiger partial charge >= 0.3 is 0 Å². The van der Waals surface area contributed by atoms with E-state index >= 15 is 0 Å². The van der Waals surface area contributed by atoms with E-state index < -0.39 is 0 Å². The summed E-state index contributed by atoms with van der Waals surface area (Å²) in [5, 5.41) is 14.8. The van der Waals surface area contributed by atoms with Crippen LogP contribution in [0.25, 0.3) is 15.9 Å². The molecule has 8 heteroatoms. The Hall–Kier alpha value is -1.77. The molecule has 1 aliphatic heterocycles. The summed E-state index contributed by atoms with van der Waals surface area (Å²) in [6, 6.07) is 0. The first-order valence-electron chi connectivity index (χ1n) is 9.07. The topological polar surface area (TPSA) is 69.8 Å². The third-order valence-corrected chi connectivity index (χ3v) is 6.57. The zero-order valence-electron chi connectivity index (χ0n) is 14.2. The van der Waals surface area contributed by atoms with Crippen LogP contribution in [-0.2, 0) is 12.8 Å². The Morgan fingerprint density at radius 1 is 1.12 bits per heavy atom. The zero-order valence-corrected chi connectivity index (χ0v) is 15.0. The highest BCUT2D eigenvalue weighted by atomic mass is 32.1. The quantitative estimate of drug-likeness (QED) is 0.762. The van der Waals surface area contributed by atoms with Crippen molar-refractivity contribution in [2.45, 2.75) is 25.7 Å². The molecule has 3 aromatic heterocycles. The van der Waals surface area contributed by atoms with E-state index in [9.17, 15) is 0 Å². The van der Waals surface area contributed by atoms with Crippen LogP contribution in [0.2, 0.25) is 0 Å². The van der Waals surface area contributed by atoms with Gasteiger partial charge in [0.25, 0.3) is 0 Å². The molecule has 7 nitrogen and oxygen atoms in total. The number of β-amino-alcohol motifs (C(OH)–C–C–N with tert-alkyl or cyclic N) is 1. The molecule has 2 aliphatic rings. The second kappa shape index (κ2) is 6.19. The number of rotatable bonds is 3. The van der Waals surface area contributed by atoms with Crippen LogP contribution in [0.1, 0.15) is 23.3 Å². The first kappa shape index (κ1) is 15.5. The fourth-order valence-electron chi connectivity index (χ4n) is 4.07. The van der Waals surface area contributed by atoms with E-state index in [-0.39, 0.29) is 6.61 Å². The number of nitrogens with zero attached hydrogens (tertiary/aromatic N) is 6. The van der Waals surface area contributed by atoms with Crippen molar-refractivity contribution in [1.29, 1.82) is 0 Å². The van der Waals surface area contributed by atoms with E-state index in [1.807, 2.05) is 15.9 Å². The Balaban J connectivity index is 1.58. The van der Waals surface area contributed by atoms with Crippen molar-refractivity contribution < 1.29 is 5.11 Å². The molecule has 0 radical (unpaired) electrons. The van der Waals surface area contributed by atoms with Gasteiger partial charge in [0.2, 0.25) is 5.95 Å². The molecule has 0 amide bonds. The molecule has 0 atom stereocenters. The smallest absolute Gasteiger partial charge is 0.230 e. The monoisotopic (exact) mass is 358 g/mol. The van der Waals surface area contributed by atoms with Gasteiger partial charge in [0.15, 0.2) is 5.65 Å². The Labute approximate surface area is 149 Å². The van der Waals surface area contributed by atoms with Crippen molar-refractivity contribution in [1.82, 2.24) is 24.5 Å². The predicted molar refractivity (Wildman–Crippen MR) is 98.5 cm³/mol. The minimum absolute atomic E-state index is 0.221. The van der Waals surface area contributed by atoms with Gasteiger partial charge in [-0.3, -0.25) is 4.90 Å².